The Balaban J connectivity index is 2.15. The van der Waals surface area contributed by atoms with Gasteiger partial charge in [0.2, 0.25) is 10.0 Å². The molecule has 0 bridgehead atoms. The number of carbonyl (C=O) groups is 1. The van der Waals surface area contributed by atoms with Crippen molar-refractivity contribution < 1.29 is 13.2 Å². The number of piperidine rings is 1. The molecule has 1 aliphatic rings. The van der Waals surface area contributed by atoms with Gasteiger partial charge in [0.25, 0.3) is 7.41 Å². The first-order valence-corrected chi connectivity index (χ1v) is 8.53. The summed E-state index contributed by atoms with van der Waals surface area (Å²) in [6.07, 6.45) is 1.86. The third kappa shape index (κ3) is 3.68. The Hall–Kier alpha value is -1.40. The Bertz CT molecular complexity index is 697. The largest absolute Gasteiger partial charge is 0.351 e. The Kier molecular flexibility index (Phi) is 5.59. The van der Waals surface area contributed by atoms with Gasteiger partial charge in [-0.15, -0.1) is 0 Å². The predicted octanol–water partition coefficient (Wildman–Crippen LogP) is 0.764. The quantitative estimate of drug-likeness (QED) is 0.632. The molecule has 2 rings (SSSR count). The molecule has 0 spiro atoms. The summed E-state index contributed by atoms with van der Waals surface area (Å²) >= 11 is 5.98. The van der Waals surface area contributed by atoms with Crippen LogP contribution >= 0.6 is 11.6 Å². The Labute approximate surface area is 135 Å². The van der Waals surface area contributed by atoms with Crippen molar-refractivity contribution in [2.45, 2.75) is 23.8 Å². The van der Waals surface area contributed by atoms with Gasteiger partial charge < -0.3 is 10.0 Å². The first-order valence-electron chi connectivity index (χ1n) is 6.72. The van der Waals surface area contributed by atoms with Gasteiger partial charge in [-0.05, 0) is 37.1 Å². The smallest absolute Gasteiger partial charge is 0.290 e. The average molecular weight is 339 g/mol. The molecule has 1 aromatic rings. The molecular formula is C13H14BClN3O3S. The maximum Gasteiger partial charge on any atom is 0.290 e. The van der Waals surface area contributed by atoms with E-state index in [1.165, 1.54) is 29.9 Å². The van der Waals surface area contributed by atoms with Crippen molar-refractivity contribution in [3.8, 4) is 6.07 Å². The number of rotatable bonds is 5. The molecule has 0 amide bonds. The Morgan fingerprint density at radius 2 is 2.09 bits per heavy atom. The van der Waals surface area contributed by atoms with Crippen molar-refractivity contribution >= 4 is 35.2 Å². The van der Waals surface area contributed by atoms with E-state index in [0.29, 0.717) is 32.1 Å². The predicted molar refractivity (Wildman–Crippen MR) is 83.6 cm³/mol. The minimum absolute atomic E-state index is 0.0425. The van der Waals surface area contributed by atoms with E-state index in [1.54, 1.807) is 0 Å². The van der Waals surface area contributed by atoms with Crippen molar-refractivity contribution in [3.05, 3.63) is 28.8 Å². The monoisotopic (exact) mass is 338 g/mol. The van der Waals surface area contributed by atoms with E-state index in [4.69, 9.17) is 16.9 Å². The number of sulfonamides is 1. The standard InChI is InChI=1S/C13H14BClN3O3S/c15-12-2-1-10(8-16)7-13(12)22(20,21)18-5-3-11(4-6-18)17-14-9-19/h1-2,7,9,11,17H,3-6H2. The summed E-state index contributed by atoms with van der Waals surface area (Å²) in [6, 6.07) is 6.18. The normalized spacial score (nSPS) is 16.9. The molecule has 0 aromatic heterocycles. The minimum atomic E-state index is -3.73. The van der Waals surface area contributed by atoms with Gasteiger partial charge in [-0.3, -0.25) is 0 Å². The third-order valence-electron chi connectivity index (χ3n) is 3.53. The SMILES string of the molecule is N#Cc1ccc(Cl)c(S(=O)(=O)N2CCC(N[B]C=O)CC2)c1. The van der Waals surface area contributed by atoms with Gasteiger partial charge in [0, 0.05) is 13.1 Å². The highest BCUT2D eigenvalue weighted by molar-refractivity contribution is 7.89. The Morgan fingerprint density at radius 3 is 2.68 bits per heavy atom. The maximum absolute atomic E-state index is 12.6. The molecule has 0 unspecified atom stereocenters. The van der Waals surface area contributed by atoms with Crippen LogP contribution in [0.3, 0.4) is 0 Å². The number of hydrogen-bond acceptors (Lipinski definition) is 5. The van der Waals surface area contributed by atoms with Crippen LogP contribution in [0.25, 0.3) is 0 Å². The topological polar surface area (TPSA) is 90.3 Å². The van der Waals surface area contributed by atoms with Crippen LogP contribution in [-0.4, -0.2) is 45.5 Å². The van der Waals surface area contributed by atoms with E-state index in [2.05, 4.69) is 5.23 Å². The van der Waals surface area contributed by atoms with Gasteiger partial charge in [0.15, 0.2) is 0 Å². The summed E-state index contributed by atoms with van der Waals surface area (Å²) in [4.78, 5) is 10.2. The van der Waals surface area contributed by atoms with Crippen LogP contribution in [-0.2, 0) is 14.8 Å². The summed E-state index contributed by atoms with van der Waals surface area (Å²) in [5, 5.41) is 11.9. The second-order valence-corrected chi connectivity index (χ2v) is 7.22. The molecule has 1 heterocycles. The van der Waals surface area contributed by atoms with Gasteiger partial charge >= 0.3 is 0 Å². The van der Waals surface area contributed by atoms with Crippen LogP contribution in [0.5, 0.6) is 0 Å². The van der Waals surface area contributed by atoms with Crippen LogP contribution in [0.4, 0.5) is 0 Å². The molecular weight excluding hydrogens is 324 g/mol. The Morgan fingerprint density at radius 1 is 1.41 bits per heavy atom. The highest BCUT2D eigenvalue weighted by atomic mass is 35.5. The summed E-state index contributed by atoms with van der Waals surface area (Å²) in [6.45, 7) is 0.666. The van der Waals surface area contributed by atoms with E-state index in [9.17, 15) is 13.2 Å². The van der Waals surface area contributed by atoms with E-state index >= 15 is 0 Å². The number of nitriles is 1. The van der Waals surface area contributed by atoms with Crippen LogP contribution in [0, 0.1) is 11.3 Å². The van der Waals surface area contributed by atoms with Crippen LogP contribution in [0.1, 0.15) is 18.4 Å². The summed E-state index contributed by atoms with van der Waals surface area (Å²) in [7, 11) is -2.40. The van der Waals surface area contributed by atoms with Crippen molar-refractivity contribution in [2.24, 2.45) is 0 Å². The van der Waals surface area contributed by atoms with Gasteiger partial charge in [0.05, 0.1) is 22.8 Å². The summed E-state index contributed by atoms with van der Waals surface area (Å²) < 4.78 is 26.6. The highest BCUT2D eigenvalue weighted by Crippen LogP contribution is 2.27. The average Bonchev–Trinajstić information content (AvgIpc) is 2.53. The summed E-state index contributed by atoms with van der Waals surface area (Å²) in [5.41, 5.74) is 0.250. The molecule has 1 radical (unpaired) electrons. The zero-order valence-corrected chi connectivity index (χ0v) is 13.3. The summed E-state index contributed by atoms with van der Waals surface area (Å²) in [5.74, 6) is 0. The third-order valence-corrected chi connectivity index (χ3v) is 5.91. The molecule has 0 saturated carbocycles. The second-order valence-electron chi connectivity index (χ2n) is 4.90. The molecule has 1 aromatic carbocycles. The lowest BCUT2D eigenvalue weighted by Crippen LogP contribution is -2.46. The van der Waals surface area contributed by atoms with Crippen LogP contribution in [0.15, 0.2) is 23.1 Å². The molecule has 115 valence electrons. The fourth-order valence-corrected chi connectivity index (χ4v) is 4.32. The van der Waals surface area contributed by atoms with Crippen molar-refractivity contribution in [1.82, 2.24) is 9.53 Å². The molecule has 1 N–H and O–H groups in total. The molecule has 0 aliphatic carbocycles. The first-order chi connectivity index (χ1) is 10.5. The molecule has 1 saturated heterocycles. The second kappa shape index (κ2) is 7.25. The maximum atomic E-state index is 12.6. The fraction of sp³-hybridized carbons (Fsp3) is 0.385. The number of hydrogen-bond donors (Lipinski definition) is 1. The number of nitrogens with zero attached hydrogens (tertiary/aromatic N) is 2. The molecule has 0 atom stereocenters. The molecule has 1 aliphatic heterocycles. The van der Waals surface area contributed by atoms with E-state index in [1.807, 2.05) is 6.07 Å². The van der Waals surface area contributed by atoms with Crippen LogP contribution < -0.4 is 5.23 Å². The van der Waals surface area contributed by atoms with Gasteiger partial charge in [-0.25, -0.2) is 8.42 Å². The fourth-order valence-electron chi connectivity index (χ4n) is 2.35. The zero-order valence-electron chi connectivity index (χ0n) is 11.7. The van der Waals surface area contributed by atoms with Gasteiger partial charge in [-0.1, -0.05) is 11.6 Å². The number of halogens is 1. The zero-order chi connectivity index (χ0) is 16.2. The molecule has 9 heteroatoms. The van der Waals surface area contributed by atoms with Crippen molar-refractivity contribution in [2.75, 3.05) is 13.1 Å². The number of benzene rings is 1. The number of carbonyl (C=O) groups excluding carboxylic acids is 1. The van der Waals surface area contributed by atoms with Crippen molar-refractivity contribution in [3.63, 3.8) is 0 Å². The minimum Gasteiger partial charge on any atom is -0.351 e. The van der Waals surface area contributed by atoms with E-state index in [0.717, 1.165) is 0 Å². The highest BCUT2D eigenvalue weighted by Gasteiger charge is 2.30. The molecule has 6 nitrogen and oxygen atoms in total. The van der Waals surface area contributed by atoms with E-state index in [-0.39, 0.29) is 21.5 Å². The molecule has 1 fully saturated rings. The lowest BCUT2D eigenvalue weighted by molar-refractivity contribution is 0.310. The van der Waals surface area contributed by atoms with Gasteiger partial charge in [0.1, 0.15) is 4.90 Å². The van der Waals surface area contributed by atoms with Crippen LogP contribution in [0.2, 0.25) is 5.02 Å². The lowest BCUT2D eigenvalue weighted by Gasteiger charge is -2.31. The lowest BCUT2D eigenvalue weighted by atomic mass is 9.93. The first kappa shape index (κ1) is 17.0. The molecule has 22 heavy (non-hydrogen) atoms. The van der Waals surface area contributed by atoms with Gasteiger partial charge in [-0.2, -0.15) is 9.57 Å². The number of nitrogens with one attached hydrogen (secondary N) is 1. The van der Waals surface area contributed by atoms with E-state index < -0.39 is 10.0 Å². The van der Waals surface area contributed by atoms with Crippen molar-refractivity contribution in [1.29, 1.82) is 5.26 Å².